The fourth-order valence-electron chi connectivity index (χ4n) is 3.64. The predicted molar refractivity (Wildman–Crippen MR) is 123 cm³/mol. The van der Waals surface area contributed by atoms with Crippen molar-refractivity contribution in [3.8, 4) is 23.7 Å². The van der Waals surface area contributed by atoms with Gasteiger partial charge in [-0.05, 0) is 51.0 Å². The Balaban J connectivity index is 2.06. The quantitative estimate of drug-likeness (QED) is 0.403. The second kappa shape index (κ2) is 10.0. The molecule has 0 aliphatic heterocycles. The third kappa shape index (κ3) is 5.10. The van der Waals surface area contributed by atoms with Crippen LogP contribution < -0.4 is 0 Å². The van der Waals surface area contributed by atoms with Crippen LogP contribution in [0.15, 0.2) is 59.7 Å². The summed E-state index contributed by atoms with van der Waals surface area (Å²) in [5, 5.41) is 0. The zero-order chi connectivity index (χ0) is 23.1. The van der Waals surface area contributed by atoms with Crippen molar-refractivity contribution >= 4 is 11.9 Å². The van der Waals surface area contributed by atoms with Gasteiger partial charge in [-0.3, -0.25) is 9.59 Å². The van der Waals surface area contributed by atoms with Gasteiger partial charge in [-0.25, -0.2) is 0 Å². The topological polar surface area (TPSA) is 52.6 Å². The van der Waals surface area contributed by atoms with Crippen LogP contribution in [0.5, 0.6) is 0 Å². The second-order valence-corrected chi connectivity index (χ2v) is 7.93. The van der Waals surface area contributed by atoms with Crippen molar-refractivity contribution in [2.75, 3.05) is 14.2 Å². The summed E-state index contributed by atoms with van der Waals surface area (Å²) in [7, 11) is 2.56. The number of methoxy groups -OCH3 is 2. The monoisotopic (exact) mass is 426 g/mol. The standard InChI is InChI=1S/C28H26O4/c1-20-5-9-22(10-6-20)13-15-24-17-18-28(26(29)31-3,27(30)32-4)19-25(24)16-14-23-11-7-21(2)8-12-23/h5-12H,17-19H2,1-4H3. The van der Waals surface area contributed by atoms with Gasteiger partial charge >= 0.3 is 11.9 Å². The fourth-order valence-corrected chi connectivity index (χ4v) is 3.64. The molecule has 1 aliphatic rings. The van der Waals surface area contributed by atoms with Gasteiger partial charge in [0, 0.05) is 28.7 Å². The summed E-state index contributed by atoms with van der Waals surface area (Å²) in [6, 6.07) is 15.8. The van der Waals surface area contributed by atoms with Gasteiger partial charge in [0.25, 0.3) is 0 Å². The van der Waals surface area contributed by atoms with E-state index in [9.17, 15) is 9.59 Å². The second-order valence-electron chi connectivity index (χ2n) is 7.93. The van der Waals surface area contributed by atoms with E-state index in [1.165, 1.54) is 14.2 Å². The molecule has 0 atom stereocenters. The van der Waals surface area contributed by atoms with Crippen LogP contribution in [0.2, 0.25) is 0 Å². The first-order valence-electron chi connectivity index (χ1n) is 10.4. The molecule has 0 amide bonds. The summed E-state index contributed by atoms with van der Waals surface area (Å²) in [4.78, 5) is 25.3. The molecule has 2 aromatic rings. The van der Waals surface area contributed by atoms with Crippen LogP contribution in [0, 0.1) is 42.9 Å². The van der Waals surface area contributed by atoms with E-state index in [0.29, 0.717) is 12.0 Å². The molecule has 4 heteroatoms. The first-order chi connectivity index (χ1) is 15.4. The number of carbonyl (C=O) groups is 2. The third-order valence-corrected chi connectivity index (χ3v) is 5.62. The minimum Gasteiger partial charge on any atom is -0.468 e. The predicted octanol–water partition coefficient (Wildman–Crippen LogP) is 4.52. The number of ether oxygens (including phenoxy) is 2. The van der Waals surface area contributed by atoms with Crippen LogP contribution in [-0.2, 0) is 19.1 Å². The van der Waals surface area contributed by atoms with Gasteiger partial charge in [0.15, 0.2) is 5.41 Å². The number of carbonyl (C=O) groups excluding carboxylic acids is 2. The average molecular weight is 427 g/mol. The minimum atomic E-state index is -1.41. The number of aryl methyl sites for hydroxylation is 2. The molecule has 0 saturated carbocycles. The van der Waals surface area contributed by atoms with E-state index in [-0.39, 0.29) is 12.8 Å². The molecule has 1 aliphatic carbocycles. The molecular formula is C28H26O4. The lowest BCUT2D eigenvalue weighted by Gasteiger charge is -2.32. The highest BCUT2D eigenvalue weighted by molar-refractivity contribution is 6.00. The van der Waals surface area contributed by atoms with E-state index >= 15 is 0 Å². The first kappa shape index (κ1) is 22.9. The molecule has 4 nitrogen and oxygen atoms in total. The van der Waals surface area contributed by atoms with Crippen molar-refractivity contribution in [3.63, 3.8) is 0 Å². The fraction of sp³-hybridized carbons (Fsp3) is 0.286. The SMILES string of the molecule is COC(=O)C1(C(=O)OC)CCC(C#Cc2ccc(C)cc2)=C(C#Cc2ccc(C)cc2)C1. The van der Waals surface area contributed by atoms with E-state index in [1.54, 1.807) is 0 Å². The van der Waals surface area contributed by atoms with Crippen molar-refractivity contribution in [2.45, 2.75) is 33.1 Å². The molecule has 0 aromatic heterocycles. The number of esters is 2. The lowest BCUT2D eigenvalue weighted by molar-refractivity contribution is -0.170. The summed E-state index contributed by atoms with van der Waals surface area (Å²) in [5.74, 6) is 11.5. The summed E-state index contributed by atoms with van der Waals surface area (Å²) in [5.41, 5.74) is 4.13. The van der Waals surface area contributed by atoms with Gasteiger partial charge in [0.1, 0.15) is 0 Å². The van der Waals surface area contributed by atoms with E-state index in [1.807, 2.05) is 62.4 Å². The molecule has 0 fully saturated rings. The Morgan fingerprint density at radius 2 is 1.16 bits per heavy atom. The van der Waals surface area contributed by atoms with Crippen LogP contribution in [0.25, 0.3) is 0 Å². The molecule has 0 heterocycles. The largest absolute Gasteiger partial charge is 0.468 e. The van der Waals surface area contributed by atoms with E-state index < -0.39 is 17.4 Å². The Hall–Kier alpha value is -3.76. The van der Waals surface area contributed by atoms with Gasteiger partial charge < -0.3 is 9.47 Å². The Morgan fingerprint density at radius 1 is 0.719 bits per heavy atom. The van der Waals surface area contributed by atoms with Gasteiger partial charge in [0.2, 0.25) is 0 Å². The zero-order valence-electron chi connectivity index (χ0n) is 18.9. The van der Waals surface area contributed by atoms with Crippen molar-refractivity contribution in [2.24, 2.45) is 5.41 Å². The maximum atomic E-state index is 12.6. The molecule has 162 valence electrons. The maximum Gasteiger partial charge on any atom is 0.323 e. The van der Waals surface area contributed by atoms with Crippen LogP contribution in [0.4, 0.5) is 0 Å². The van der Waals surface area contributed by atoms with Gasteiger partial charge in [0.05, 0.1) is 14.2 Å². The van der Waals surface area contributed by atoms with Crippen molar-refractivity contribution < 1.29 is 19.1 Å². The Morgan fingerprint density at radius 3 is 1.59 bits per heavy atom. The molecular weight excluding hydrogens is 400 g/mol. The Kier molecular flexibility index (Phi) is 7.18. The molecule has 0 saturated heterocycles. The number of benzene rings is 2. The van der Waals surface area contributed by atoms with Crippen molar-refractivity contribution in [3.05, 3.63) is 81.9 Å². The molecule has 32 heavy (non-hydrogen) atoms. The van der Waals surface area contributed by atoms with E-state index in [0.717, 1.165) is 27.8 Å². The molecule has 0 bridgehead atoms. The Bertz CT molecular complexity index is 1140. The highest BCUT2D eigenvalue weighted by Crippen LogP contribution is 2.41. The lowest BCUT2D eigenvalue weighted by Crippen LogP contribution is -2.43. The lowest BCUT2D eigenvalue weighted by atomic mass is 9.71. The first-order valence-corrected chi connectivity index (χ1v) is 10.4. The molecule has 0 unspecified atom stereocenters. The summed E-state index contributed by atoms with van der Waals surface area (Å²) in [6.45, 7) is 4.04. The molecule has 0 N–H and O–H groups in total. The minimum absolute atomic E-state index is 0.100. The van der Waals surface area contributed by atoms with Gasteiger partial charge in [-0.1, -0.05) is 59.1 Å². The number of rotatable bonds is 2. The highest BCUT2D eigenvalue weighted by atomic mass is 16.5. The van der Waals surface area contributed by atoms with Crippen LogP contribution in [0.1, 0.15) is 41.5 Å². The average Bonchev–Trinajstić information content (AvgIpc) is 2.82. The summed E-state index contributed by atoms with van der Waals surface area (Å²) < 4.78 is 9.94. The van der Waals surface area contributed by atoms with Crippen LogP contribution >= 0.6 is 0 Å². The molecule has 0 spiro atoms. The maximum absolute atomic E-state index is 12.6. The van der Waals surface area contributed by atoms with Gasteiger partial charge in [-0.15, -0.1) is 0 Å². The zero-order valence-corrected chi connectivity index (χ0v) is 18.9. The molecule has 0 radical (unpaired) electrons. The summed E-state index contributed by atoms with van der Waals surface area (Å²) >= 11 is 0. The van der Waals surface area contributed by atoms with Crippen molar-refractivity contribution in [1.82, 2.24) is 0 Å². The van der Waals surface area contributed by atoms with E-state index in [4.69, 9.17) is 9.47 Å². The summed E-state index contributed by atoms with van der Waals surface area (Å²) in [6.07, 6.45) is 0.796. The van der Waals surface area contributed by atoms with E-state index in [2.05, 4.69) is 23.7 Å². The highest BCUT2D eigenvalue weighted by Gasteiger charge is 2.50. The van der Waals surface area contributed by atoms with Crippen LogP contribution in [-0.4, -0.2) is 26.2 Å². The normalized spacial score (nSPS) is 14.4. The third-order valence-electron chi connectivity index (χ3n) is 5.62. The molecule has 2 aromatic carbocycles. The van der Waals surface area contributed by atoms with Crippen molar-refractivity contribution in [1.29, 1.82) is 0 Å². The number of hydrogen-bond donors (Lipinski definition) is 0. The smallest absolute Gasteiger partial charge is 0.323 e. The number of hydrogen-bond acceptors (Lipinski definition) is 4. The number of allylic oxidation sites excluding steroid dienone is 2. The molecule has 3 rings (SSSR count). The Labute approximate surface area is 189 Å². The van der Waals surface area contributed by atoms with Crippen LogP contribution in [0.3, 0.4) is 0 Å². The van der Waals surface area contributed by atoms with Gasteiger partial charge in [-0.2, -0.15) is 0 Å².